The highest BCUT2D eigenvalue weighted by atomic mass is 35.5. The number of carbonyl (C=O) groups excluding carboxylic acids is 1. The number of nitrogens with one attached hydrogen (secondary N) is 1. The van der Waals surface area contributed by atoms with Crippen LogP contribution >= 0.6 is 34.3 Å². The third-order valence-corrected chi connectivity index (χ3v) is 5.92. The van der Waals surface area contributed by atoms with E-state index in [1.165, 1.54) is 17.0 Å². The van der Waals surface area contributed by atoms with Gasteiger partial charge in [0.05, 0.1) is 22.0 Å². The number of benzene rings is 1. The molecule has 3 rings (SSSR count). The van der Waals surface area contributed by atoms with Crippen LogP contribution in [0.1, 0.15) is 15.4 Å². The molecule has 0 spiro atoms. The molecule has 0 aliphatic carbocycles. The minimum Gasteiger partial charge on any atom is -0.355 e. The van der Waals surface area contributed by atoms with E-state index >= 15 is 0 Å². The van der Waals surface area contributed by atoms with E-state index in [0.29, 0.717) is 6.54 Å². The number of aryl methyl sites for hydroxylation is 1. The topological polar surface area (TPSA) is 42.0 Å². The van der Waals surface area contributed by atoms with Crippen LogP contribution < -0.4 is 5.32 Å². The molecular formula is C18H16ClFN2OS2. The predicted molar refractivity (Wildman–Crippen MR) is 102 cm³/mol. The van der Waals surface area contributed by atoms with Crippen molar-refractivity contribution in [1.82, 2.24) is 10.3 Å². The lowest BCUT2D eigenvalue weighted by Gasteiger charge is -2.07. The number of rotatable bonds is 6. The van der Waals surface area contributed by atoms with Crippen molar-refractivity contribution in [3.63, 3.8) is 0 Å². The number of thiophene rings is 1. The van der Waals surface area contributed by atoms with E-state index in [9.17, 15) is 9.18 Å². The summed E-state index contributed by atoms with van der Waals surface area (Å²) in [6.07, 6.45) is 0.670. The van der Waals surface area contributed by atoms with Crippen LogP contribution in [-0.2, 0) is 17.6 Å². The zero-order valence-corrected chi connectivity index (χ0v) is 15.9. The van der Waals surface area contributed by atoms with Crippen LogP contribution in [-0.4, -0.2) is 17.4 Å². The van der Waals surface area contributed by atoms with E-state index in [4.69, 9.17) is 11.6 Å². The summed E-state index contributed by atoms with van der Waals surface area (Å²) in [4.78, 5) is 18.8. The van der Waals surface area contributed by atoms with E-state index in [2.05, 4.69) is 22.4 Å². The van der Waals surface area contributed by atoms with Gasteiger partial charge in [0.2, 0.25) is 5.91 Å². The fourth-order valence-electron chi connectivity index (χ4n) is 2.38. The first kappa shape index (κ1) is 18.0. The van der Waals surface area contributed by atoms with Crippen molar-refractivity contribution in [2.75, 3.05) is 6.54 Å². The zero-order chi connectivity index (χ0) is 17.8. The highest BCUT2D eigenvalue weighted by molar-refractivity contribution is 7.16. The van der Waals surface area contributed by atoms with Gasteiger partial charge in [-0.3, -0.25) is 4.79 Å². The monoisotopic (exact) mass is 394 g/mol. The summed E-state index contributed by atoms with van der Waals surface area (Å²) in [5, 5.41) is 6.18. The number of nitrogens with zero attached hydrogens (tertiary/aromatic N) is 1. The van der Waals surface area contributed by atoms with E-state index < -0.39 is 5.82 Å². The number of aromatic nitrogens is 1. The summed E-state index contributed by atoms with van der Waals surface area (Å²) < 4.78 is 13.7. The molecule has 2 aromatic heterocycles. The van der Waals surface area contributed by atoms with Gasteiger partial charge in [-0.1, -0.05) is 17.7 Å². The molecule has 0 aliphatic rings. The van der Waals surface area contributed by atoms with Gasteiger partial charge in [-0.25, -0.2) is 9.37 Å². The SMILES string of the molecule is Cc1nc(-c2ccc(CCNC(=O)Cc3c(F)cccc3Cl)s2)cs1. The molecule has 1 aromatic carbocycles. The standard InChI is InChI=1S/C18H16ClFN2OS2/c1-11-22-16(10-24-11)17-6-5-12(25-17)7-8-21-18(23)9-13-14(19)3-2-4-15(13)20/h2-6,10H,7-9H2,1H3,(H,21,23). The number of thiazole rings is 1. The van der Waals surface area contributed by atoms with Gasteiger partial charge in [0.25, 0.3) is 0 Å². The van der Waals surface area contributed by atoms with Gasteiger partial charge in [-0.15, -0.1) is 22.7 Å². The van der Waals surface area contributed by atoms with Crippen molar-refractivity contribution in [3.8, 4) is 10.6 Å². The second kappa shape index (κ2) is 8.08. The Morgan fingerprint density at radius 1 is 1.32 bits per heavy atom. The summed E-state index contributed by atoms with van der Waals surface area (Å²) in [5.74, 6) is -0.692. The van der Waals surface area contributed by atoms with Crippen molar-refractivity contribution in [2.24, 2.45) is 0 Å². The van der Waals surface area contributed by atoms with Crippen LogP contribution in [0.15, 0.2) is 35.7 Å². The van der Waals surface area contributed by atoms with Gasteiger partial charge in [0.15, 0.2) is 0 Å². The van der Waals surface area contributed by atoms with Crippen molar-refractivity contribution >= 4 is 40.2 Å². The number of carbonyl (C=O) groups is 1. The summed E-state index contributed by atoms with van der Waals surface area (Å²) in [5.41, 5.74) is 1.23. The Morgan fingerprint density at radius 2 is 2.16 bits per heavy atom. The Kier molecular flexibility index (Phi) is 5.83. The van der Waals surface area contributed by atoms with Crippen LogP contribution in [0.25, 0.3) is 10.6 Å². The largest absolute Gasteiger partial charge is 0.355 e. The molecule has 0 saturated carbocycles. The Bertz CT molecular complexity index is 871. The predicted octanol–water partition coefficient (Wildman–Crippen LogP) is 4.87. The lowest BCUT2D eigenvalue weighted by atomic mass is 10.1. The van der Waals surface area contributed by atoms with Gasteiger partial charge in [0.1, 0.15) is 5.82 Å². The fourth-order valence-corrected chi connectivity index (χ4v) is 4.26. The molecule has 0 aliphatic heterocycles. The number of hydrogen-bond acceptors (Lipinski definition) is 4. The minimum absolute atomic E-state index is 0.0563. The molecule has 0 atom stereocenters. The van der Waals surface area contributed by atoms with E-state index in [1.807, 2.05) is 12.3 Å². The van der Waals surface area contributed by atoms with Crippen LogP contribution in [0.4, 0.5) is 4.39 Å². The maximum absolute atomic E-state index is 13.7. The van der Waals surface area contributed by atoms with Crippen LogP contribution in [0.3, 0.4) is 0 Å². The quantitative estimate of drug-likeness (QED) is 0.647. The number of hydrogen-bond donors (Lipinski definition) is 1. The summed E-state index contributed by atoms with van der Waals surface area (Å²) in [6.45, 7) is 2.49. The smallest absolute Gasteiger partial charge is 0.224 e. The van der Waals surface area contributed by atoms with Gasteiger partial charge >= 0.3 is 0 Å². The van der Waals surface area contributed by atoms with Gasteiger partial charge in [-0.05, 0) is 37.6 Å². The van der Waals surface area contributed by atoms with E-state index in [-0.39, 0.29) is 22.9 Å². The lowest BCUT2D eigenvalue weighted by Crippen LogP contribution is -2.27. The Labute approximate surface area is 158 Å². The average molecular weight is 395 g/mol. The fraction of sp³-hybridized carbons (Fsp3) is 0.222. The Morgan fingerprint density at radius 3 is 2.88 bits per heavy atom. The van der Waals surface area contributed by atoms with Crippen molar-refractivity contribution in [1.29, 1.82) is 0 Å². The molecule has 25 heavy (non-hydrogen) atoms. The molecule has 3 aromatic rings. The third-order valence-electron chi connectivity index (χ3n) is 3.63. The van der Waals surface area contributed by atoms with Crippen molar-refractivity contribution in [2.45, 2.75) is 19.8 Å². The van der Waals surface area contributed by atoms with Crippen molar-refractivity contribution < 1.29 is 9.18 Å². The zero-order valence-electron chi connectivity index (χ0n) is 13.5. The number of halogens is 2. The van der Waals surface area contributed by atoms with Gasteiger partial charge in [-0.2, -0.15) is 0 Å². The molecule has 0 fully saturated rings. The normalized spacial score (nSPS) is 10.8. The first-order valence-electron chi connectivity index (χ1n) is 7.73. The third kappa shape index (κ3) is 4.66. The summed E-state index contributed by atoms with van der Waals surface area (Å²) in [7, 11) is 0. The molecule has 0 saturated heterocycles. The molecular weight excluding hydrogens is 379 g/mol. The molecule has 0 radical (unpaired) electrons. The van der Waals surface area contributed by atoms with Crippen LogP contribution in [0.2, 0.25) is 5.02 Å². The molecule has 1 amide bonds. The molecule has 2 heterocycles. The second-order valence-corrected chi connectivity index (χ2v) is 8.13. The van der Waals surface area contributed by atoms with Crippen LogP contribution in [0.5, 0.6) is 0 Å². The maximum Gasteiger partial charge on any atom is 0.224 e. The molecule has 0 unspecified atom stereocenters. The average Bonchev–Trinajstić information content (AvgIpc) is 3.20. The van der Waals surface area contributed by atoms with Crippen molar-refractivity contribution in [3.05, 3.63) is 62.0 Å². The lowest BCUT2D eigenvalue weighted by molar-refractivity contribution is -0.120. The number of amides is 1. The molecule has 1 N–H and O–H groups in total. The Hall–Kier alpha value is -1.76. The van der Waals surface area contributed by atoms with Gasteiger partial charge in [0, 0.05) is 27.4 Å². The highest BCUT2D eigenvalue weighted by Crippen LogP contribution is 2.29. The summed E-state index contributed by atoms with van der Waals surface area (Å²) in [6, 6.07) is 8.52. The first-order chi connectivity index (χ1) is 12.0. The summed E-state index contributed by atoms with van der Waals surface area (Å²) >= 11 is 9.24. The van der Waals surface area contributed by atoms with E-state index in [0.717, 1.165) is 22.0 Å². The first-order valence-corrected chi connectivity index (χ1v) is 9.81. The second-order valence-electron chi connectivity index (χ2n) is 5.49. The van der Waals surface area contributed by atoms with E-state index in [1.54, 1.807) is 28.7 Å². The maximum atomic E-state index is 13.7. The minimum atomic E-state index is -0.455. The molecule has 7 heteroatoms. The Balaban J connectivity index is 1.51. The molecule has 130 valence electrons. The molecule has 0 bridgehead atoms. The molecule has 3 nitrogen and oxygen atoms in total. The van der Waals surface area contributed by atoms with Gasteiger partial charge < -0.3 is 5.32 Å². The van der Waals surface area contributed by atoms with Crippen LogP contribution in [0, 0.1) is 12.7 Å². The highest BCUT2D eigenvalue weighted by Gasteiger charge is 2.12.